The van der Waals surface area contributed by atoms with Crippen LogP contribution in [0.25, 0.3) is 0 Å². The van der Waals surface area contributed by atoms with Gasteiger partial charge in [0, 0.05) is 36.5 Å². The summed E-state index contributed by atoms with van der Waals surface area (Å²) >= 11 is 3.47. The first-order chi connectivity index (χ1) is 12.6. The van der Waals surface area contributed by atoms with Gasteiger partial charge >= 0.3 is 0 Å². The van der Waals surface area contributed by atoms with E-state index >= 15 is 0 Å². The average Bonchev–Trinajstić information content (AvgIpc) is 2.68. The summed E-state index contributed by atoms with van der Waals surface area (Å²) in [7, 11) is 2.02. The van der Waals surface area contributed by atoms with Gasteiger partial charge < -0.3 is 10.1 Å². The van der Waals surface area contributed by atoms with Crippen LogP contribution >= 0.6 is 15.9 Å². The van der Waals surface area contributed by atoms with Crippen LogP contribution in [0.4, 0.5) is 5.69 Å². The van der Waals surface area contributed by atoms with Crippen molar-refractivity contribution in [1.82, 2.24) is 10.0 Å². The lowest BCUT2D eigenvalue weighted by Gasteiger charge is -2.31. The van der Waals surface area contributed by atoms with E-state index in [2.05, 4.69) is 37.9 Å². The molecule has 1 aromatic heterocycles. The molecule has 0 radical (unpaired) electrons. The minimum Gasteiger partial charge on any atom is -0.373 e. The van der Waals surface area contributed by atoms with Gasteiger partial charge in [-0.25, -0.2) is 0 Å². The Morgan fingerprint density at radius 2 is 1.65 bits per heavy atom. The molecule has 0 bridgehead atoms. The highest BCUT2D eigenvalue weighted by molar-refractivity contribution is 9.10. The van der Waals surface area contributed by atoms with Crippen LogP contribution in [0.15, 0.2) is 83.5 Å². The first-order valence-electron chi connectivity index (χ1n) is 8.50. The number of halogens is 1. The van der Waals surface area contributed by atoms with E-state index in [9.17, 15) is 5.21 Å². The van der Waals surface area contributed by atoms with Gasteiger partial charge in [0.1, 0.15) is 0 Å². The molecular formula is C21H22BrN3O. The highest BCUT2D eigenvalue weighted by atomic mass is 79.9. The Morgan fingerprint density at radius 1 is 0.962 bits per heavy atom. The van der Waals surface area contributed by atoms with E-state index < -0.39 is 0 Å². The minimum absolute atomic E-state index is 0.245. The normalized spacial score (nSPS) is 12.2. The van der Waals surface area contributed by atoms with Crippen molar-refractivity contribution in [2.24, 2.45) is 0 Å². The number of hydrogen-bond donors (Lipinski definition) is 1. The molecule has 0 aliphatic carbocycles. The van der Waals surface area contributed by atoms with Gasteiger partial charge in [-0.2, -0.15) is 5.06 Å². The van der Waals surface area contributed by atoms with Crippen LogP contribution < -0.4 is 4.90 Å². The van der Waals surface area contributed by atoms with Crippen molar-refractivity contribution < 1.29 is 5.21 Å². The summed E-state index contributed by atoms with van der Waals surface area (Å²) in [4.78, 5) is 6.59. The van der Waals surface area contributed by atoms with Crippen LogP contribution in [0.3, 0.4) is 0 Å². The molecule has 0 spiro atoms. The number of rotatable bonds is 7. The predicted octanol–water partition coefficient (Wildman–Crippen LogP) is 4.91. The highest BCUT2D eigenvalue weighted by Gasteiger charge is 2.22. The average molecular weight is 412 g/mol. The number of benzene rings is 2. The highest BCUT2D eigenvalue weighted by Crippen LogP contribution is 2.24. The van der Waals surface area contributed by atoms with Crippen LogP contribution in [0.1, 0.15) is 17.3 Å². The van der Waals surface area contributed by atoms with Gasteiger partial charge in [-0.15, -0.1) is 0 Å². The molecule has 1 N–H and O–H groups in total. The molecule has 0 unspecified atom stereocenters. The van der Waals surface area contributed by atoms with Crippen LogP contribution in [0.5, 0.6) is 0 Å². The molecule has 2 aromatic carbocycles. The molecule has 3 aromatic rings. The van der Waals surface area contributed by atoms with Gasteiger partial charge in [0.05, 0.1) is 11.7 Å². The summed E-state index contributed by atoms with van der Waals surface area (Å²) in [6.45, 7) is 1.05. The van der Waals surface area contributed by atoms with E-state index in [-0.39, 0.29) is 6.04 Å². The fourth-order valence-corrected chi connectivity index (χ4v) is 3.12. The van der Waals surface area contributed by atoms with E-state index in [0.29, 0.717) is 13.1 Å². The Morgan fingerprint density at radius 3 is 2.31 bits per heavy atom. The zero-order valence-electron chi connectivity index (χ0n) is 14.7. The lowest BCUT2D eigenvalue weighted by Crippen LogP contribution is -2.35. The van der Waals surface area contributed by atoms with Crippen molar-refractivity contribution in [3.63, 3.8) is 0 Å². The third kappa shape index (κ3) is 4.91. The first kappa shape index (κ1) is 18.6. The number of likely N-dealkylation sites (N-methyl/N-ethyl adjacent to an activating group) is 1. The second-order valence-corrected chi connectivity index (χ2v) is 7.13. The second kappa shape index (κ2) is 8.94. The van der Waals surface area contributed by atoms with Crippen molar-refractivity contribution in [2.45, 2.75) is 12.6 Å². The number of anilines is 1. The van der Waals surface area contributed by atoms with Crippen LogP contribution in [0.2, 0.25) is 0 Å². The molecule has 134 valence electrons. The number of nitrogens with zero attached hydrogens (tertiary/aromatic N) is 3. The number of aromatic nitrogens is 1. The third-order valence-corrected chi connectivity index (χ3v) is 4.82. The summed E-state index contributed by atoms with van der Waals surface area (Å²) < 4.78 is 1.05. The van der Waals surface area contributed by atoms with E-state index in [0.717, 1.165) is 21.4 Å². The molecule has 0 saturated heterocycles. The van der Waals surface area contributed by atoms with Crippen LogP contribution in [-0.2, 0) is 6.54 Å². The molecular weight excluding hydrogens is 390 g/mol. The largest absolute Gasteiger partial charge is 0.373 e. The van der Waals surface area contributed by atoms with Crippen molar-refractivity contribution >= 4 is 21.6 Å². The first-order valence-corrected chi connectivity index (χ1v) is 9.30. The molecule has 0 aliphatic heterocycles. The van der Waals surface area contributed by atoms with E-state index in [1.807, 2.05) is 67.7 Å². The molecule has 3 rings (SSSR count). The fourth-order valence-electron chi connectivity index (χ4n) is 2.85. The maximum absolute atomic E-state index is 10.8. The minimum atomic E-state index is -0.245. The predicted molar refractivity (Wildman–Crippen MR) is 108 cm³/mol. The van der Waals surface area contributed by atoms with E-state index in [1.54, 1.807) is 6.20 Å². The Labute approximate surface area is 162 Å². The lowest BCUT2D eigenvalue weighted by molar-refractivity contribution is -0.135. The molecule has 0 aliphatic rings. The van der Waals surface area contributed by atoms with Gasteiger partial charge in [-0.1, -0.05) is 52.3 Å². The Hall–Kier alpha value is -2.21. The molecule has 1 heterocycles. The number of pyridine rings is 1. The van der Waals surface area contributed by atoms with Crippen molar-refractivity contribution in [3.8, 4) is 0 Å². The summed E-state index contributed by atoms with van der Waals surface area (Å²) in [5, 5.41) is 12.2. The van der Waals surface area contributed by atoms with Crippen molar-refractivity contribution in [1.29, 1.82) is 0 Å². The van der Waals surface area contributed by atoms with Crippen molar-refractivity contribution in [3.05, 3.63) is 94.7 Å². The summed E-state index contributed by atoms with van der Waals surface area (Å²) in [5.74, 6) is 0. The molecule has 0 amide bonds. The fraction of sp³-hybridized carbons (Fsp3) is 0.190. The van der Waals surface area contributed by atoms with Gasteiger partial charge in [-0.3, -0.25) is 4.98 Å². The summed E-state index contributed by atoms with van der Waals surface area (Å²) in [5.41, 5.74) is 2.99. The monoisotopic (exact) mass is 411 g/mol. The molecule has 26 heavy (non-hydrogen) atoms. The van der Waals surface area contributed by atoms with Gasteiger partial charge in [0.2, 0.25) is 0 Å². The zero-order chi connectivity index (χ0) is 18.4. The van der Waals surface area contributed by atoms with E-state index in [4.69, 9.17) is 0 Å². The zero-order valence-corrected chi connectivity index (χ0v) is 16.2. The summed E-state index contributed by atoms with van der Waals surface area (Å²) in [6.07, 6.45) is 1.76. The quantitative estimate of drug-likeness (QED) is 0.560. The molecule has 4 nitrogen and oxygen atoms in total. The van der Waals surface area contributed by atoms with Crippen LogP contribution in [-0.4, -0.2) is 28.8 Å². The Balaban J connectivity index is 1.80. The summed E-state index contributed by atoms with van der Waals surface area (Å²) in [6, 6.07) is 23.6. The van der Waals surface area contributed by atoms with E-state index in [1.165, 1.54) is 5.06 Å². The third-order valence-electron chi connectivity index (χ3n) is 4.29. The topological polar surface area (TPSA) is 39.6 Å². The number of hydroxylamine groups is 2. The van der Waals surface area contributed by atoms with Crippen molar-refractivity contribution in [2.75, 3.05) is 18.5 Å². The van der Waals surface area contributed by atoms with Gasteiger partial charge in [0.15, 0.2) is 0 Å². The standard InChI is InChI=1S/C21H22BrN3O/c1-24(19-12-10-18(22)11-13-19)16-21(20-9-5-6-14-23-20)25(26)15-17-7-3-2-4-8-17/h2-14,21,26H,15-16H2,1H3/t21-/m1/s1. The van der Waals surface area contributed by atoms with Crippen LogP contribution in [0, 0.1) is 0 Å². The lowest BCUT2D eigenvalue weighted by atomic mass is 10.1. The second-order valence-electron chi connectivity index (χ2n) is 6.21. The Bertz CT molecular complexity index is 797. The molecule has 0 saturated carbocycles. The molecule has 5 heteroatoms. The maximum Gasteiger partial charge on any atom is 0.0949 e. The molecule has 0 fully saturated rings. The van der Waals surface area contributed by atoms with Gasteiger partial charge in [-0.05, 0) is 42.0 Å². The number of hydrogen-bond acceptors (Lipinski definition) is 4. The smallest absolute Gasteiger partial charge is 0.0949 e. The maximum atomic E-state index is 10.8. The molecule has 1 atom stereocenters. The van der Waals surface area contributed by atoms with Gasteiger partial charge in [0.25, 0.3) is 0 Å². The SMILES string of the molecule is CN(C[C@H](c1ccccn1)N(O)Cc1ccccc1)c1ccc(Br)cc1. The Kier molecular flexibility index (Phi) is 6.39.